The maximum absolute atomic E-state index is 2.26. The van der Waals surface area contributed by atoms with E-state index in [4.69, 9.17) is 0 Å². The molecule has 0 unspecified atom stereocenters. The molecule has 3 heteroatoms. The number of aryl methyl sites for hydroxylation is 3. The fourth-order valence-electron chi connectivity index (χ4n) is 1.64. The first-order valence-electron chi connectivity index (χ1n) is 4.31. The molecule has 2 aromatic carbocycles. The van der Waals surface area contributed by atoms with Crippen molar-refractivity contribution in [2.24, 2.45) is 0 Å². The van der Waals surface area contributed by atoms with E-state index in [2.05, 4.69) is 45.0 Å². The summed E-state index contributed by atoms with van der Waals surface area (Å²) >= 11 is 0. The van der Waals surface area contributed by atoms with Crippen molar-refractivity contribution in [3.05, 3.63) is 41.0 Å². The van der Waals surface area contributed by atoms with Gasteiger partial charge in [-0.3, -0.25) is 0 Å². The summed E-state index contributed by atoms with van der Waals surface area (Å²) < 4.78 is 0. The van der Waals surface area contributed by atoms with Gasteiger partial charge in [0.1, 0.15) is 0 Å². The maximum Gasteiger partial charge on any atom is 3.00 e. The van der Waals surface area contributed by atoms with Gasteiger partial charge in [-0.05, 0) is 13.8 Å². The van der Waals surface area contributed by atoms with Gasteiger partial charge in [-0.2, -0.15) is 6.07 Å². The number of hydrogen-bond acceptors (Lipinski definition) is 0. The molecule has 79 valence electrons. The predicted octanol–water partition coefficient (Wildman–Crippen LogP) is -2.51. The molecular weight excluding hydrogens is 306 g/mol. The van der Waals surface area contributed by atoms with E-state index >= 15 is 0 Å². The molecule has 2 aromatic rings. The van der Waals surface area contributed by atoms with Crippen LogP contribution in [0.4, 0.5) is 0 Å². The minimum Gasteiger partial charge on any atom is -1.00 e. The predicted molar refractivity (Wildman–Crippen MR) is 53.8 cm³/mol. The summed E-state index contributed by atoms with van der Waals surface area (Å²) in [5.74, 6) is 0. The molecule has 2 rings (SSSR count). The zero-order valence-electron chi connectivity index (χ0n) is 9.07. The molecule has 0 heterocycles. The van der Waals surface area contributed by atoms with Gasteiger partial charge in [-0.15, -0.1) is 34.5 Å². The van der Waals surface area contributed by atoms with Gasteiger partial charge in [0.25, 0.3) is 0 Å². The second-order valence-electron chi connectivity index (χ2n) is 3.60. The third-order valence-corrected chi connectivity index (χ3v) is 2.47. The van der Waals surface area contributed by atoms with Crippen LogP contribution in [0.25, 0.3) is 10.8 Å². The Bertz CT molecular complexity index is 393. The van der Waals surface area contributed by atoms with Gasteiger partial charge in [-0.25, -0.2) is 0 Å². The Labute approximate surface area is 123 Å². The first-order chi connectivity index (χ1) is 5.66. The van der Waals surface area contributed by atoms with Crippen LogP contribution in [0, 0.1) is 20.8 Å². The Hall–Kier alpha value is 0.293. The molecule has 0 aliphatic carbocycles. The van der Waals surface area contributed by atoms with Gasteiger partial charge in [0.2, 0.25) is 0 Å². The Morgan fingerprint density at radius 1 is 0.867 bits per heavy atom. The molecular formula is C12H13Cl2Zr. The van der Waals surface area contributed by atoms with Gasteiger partial charge in [0.05, 0.1) is 0 Å². The Morgan fingerprint density at radius 3 is 2.00 bits per heavy atom. The van der Waals surface area contributed by atoms with Crippen molar-refractivity contribution in [2.45, 2.75) is 20.8 Å². The average Bonchev–Trinajstić information content (AvgIpc) is 2.30. The van der Waals surface area contributed by atoms with Gasteiger partial charge in [-0.1, -0.05) is 18.1 Å². The largest absolute Gasteiger partial charge is 3.00 e. The number of benzene rings is 1. The third kappa shape index (κ3) is 3.66. The standard InChI is InChI=1S/C12H13.2ClH.Zr/c1-8-4-11-6-9(2)10(3)7-12(11)5-8;;;/h4-7H,1-3H3;2*1H;/q-1;;;+3/p-2. The molecule has 0 saturated carbocycles. The van der Waals surface area contributed by atoms with E-state index in [-0.39, 0.29) is 51.0 Å². The van der Waals surface area contributed by atoms with E-state index in [9.17, 15) is 0 Å². The molecule has 0 spiro atoms. The summed E-state index contributed by atoms with van der Waals surface area (Å²) in [7, 11) is 0. The molecule has 0 amide bonds. The van der Waals surface area contributed by atoms with Gasteiger partial charge in [0.15, 0.2) is 0 Å². The van der Waals surface area contributed by atoms with Gasteiger partial charge in [0, 0.05) is 0 Å². The second kappa shape index (κ2) is 6.79. The zero-order valence-corrected chi connectivity index (χ0v) is 13.0. The number of hydrogen-bond donors (Lipinski definition) is 0. The van der Waals surface area contributed by atoms with E-state index in [1.807, 2.05) is 0 Å². The first-order valence-corrected chi connectivity index (χ1v) is 4.31. The van der Waals surface area contributed by atoms with Crippen LogP contribution in [0.3, 0.4) is 0 Å². The monoisotopic (exact) mass is 317 g/mol. The van der Waals surface area contributed by atoms with Gasteiger partial charge >= 0.3 is 26.2 Å². The molecule has 15 heavy (non-hydrogen) atoms. The topological polar surface area (TPSA) is 0 Å². The third-order valence-electron chi connectivity index (χ3n) is 2.47. The summed E-state index contributed by atoms with van der Waals surface area (Å²) in [4.78, 5) is 0. The van der Waals surface area contributed by atoms with E-state index in [1.54, 1.807) is 0 Å². The minimum atomic E-state index is 0. The average molecular weight is 319 g/mol. The van der Waals surface area contributed by atoms with Crippen molar-refractivity contribution in [3.63, 3.8) is 0 Å². The second-order valence-corrected chi connectivity index (χ2v) is 3.60. The Kier molecular flexibility index (Phi) is 8.00. The molecule has 0 nitrogen and oxygen atoms in total. The Morgan fingerprint density at radius 2 is 1.40 bits per heavy atom. The normalized spacial score (nSPS) is 8.73. The van der Waals surface area contributed by atoms with Crippen molar-refractivity contribution in [3.8, 4) is 0 Å². The van der Waals surface area contributed by atoms with Crippen molar-refractivity contribution < 1.29 is 51.0 Å². The number of halogens is 2. The van der Waals surface area contributed by atoms with Crippen LogP contribution in [-0.2, 0) is 26.2 Å². The zero-order chi connectivity index (χ0) is 8.72. The number of rotatable bonds is 0. The van der Waals surface area contributed by atoms with Crippen molar-refractivity contribution in [1.29, 1.82) is 0 Å². The molecule has 0 atom stereocenters. The van der Waals surface area contributed by atoms with Crippen molar-refractivity contribution in [2.75, 3.05) is 0 Å². The summed E-state index contributed by atoms with van der Waals surface area (Å²) in [5, 5.41) is 2.74. The van der Waals surface area contributed by atoms with Crippen LogP contribution in [0.15, 0.2) is 24.3 Å². The molecule has 0 fully saturated rings. The van der Waals surface area contributed by atoms with Crippen molar-refractivity contribution >= 4 is 10.8 Å². The number of fused-ring (bicyclic) bond motifs is 1. The smallest absolute Gasteiger partial charge is 1.00 e. The fraction of sp³-hybridized carbons (Fsp3) is 0.250. The van der Waals surface area contributed by atoms with E-state index in [0.29, 0.717) is 0 Å². The summed E-state index contributed by atoms with van der Waals surface area (Å²) in [5.41, 5.74) is 4.12. The molecule has 0 bridgehead atoms. The van der Waals surface area contributed by atoms with Crippen LogP contribution < -0.4 is 24.8 Å². The molecule has 0 N–H and O–H groups in total. The maximum atomic E-state index is 2.26. The first kappa shape index (κ1) is 17.7. The SMILES string of the molecule is Cc1cc2cc(C)c(C)cc2[cH-]1.[Cl-].[Cl-].[Zr+3]. The molecule has 0 aromatic heterocycles. The van der Waals surface area contributed by atoms with E-state index < -0.39 is 0 Å². The molecule has 0 saturated heterocycles. The molecule has 0 aliphatic heterocycles. The minimum absolute atomic E-state index is 0. The van der Waals surface area contributed by atoms with Crippen LogP contribution in [0.1, 0.15) is 16.7 Å². The fourth-order valence-corrected chi connectivity index (χ4v) is 1.64. The summed E-state index contributed by atoms with van der Waals surface area (Å²) in [6.07, 6.45) is 0. The summed E-state index contributed by atoms with van der Waals surface area (Å²) in [6, 6.07) is 9.00. The van der Waals surface area contributed by atoms with Crippen LogP contribution >= 0.6 is 0 Å². The van der Waals surface area contributed by atoms with E-state index in [0.717, 1.165) is 0 Å². The van der Waals surface area contributed by atoms with E-state index in [1.165, 1.54) is 27.5 Å². The van der Waals surface area contributed by atoms with Crippen molar-refractivity contribution in [1.82, 2.24) is 0 Å². The van der Waals surface area contributed by atoms with Crippen LogP contribution in [0.2, 0.25) is 0 Å². The van der Waals surface area contributed by atoms with Crippen LogP contribution in [0.5, 0.6) is 0 Å². The van der Waals surface area contributed by atoms with Gasteiger partial charge < -0.3 is 24.8 Å². The molecule has 1 radical (unpaired) electrons. The van der Waals surface area contributed by atoms with Crippen LogP contribution in [-0.4, -0.2) is 0 Å². The summed E-state index contributed by atoms with van der Waals surface area (Å²) in [6.45, 7) is 6.47. The quantitative estimate of drug-likeness (QED) is 0.471. The Balaban J connectivity index is 0. The molecule has 0 aliphatic rings.